The molecule has 1 aliphatic heterocycles. The van der Waals surface area contributed by atoms with E-state index in [1.165, 1.54) is 41.0 Å². The number of benzene rings is 1. The van der Waals surface area contributed by atoms with Gasteiger partial charge in [-0.05, 0) is 30.7 Å². The zero-order valence-corrected chi connectivity index (χ0v) is 16.7. The van der Waals surface area contributed by atoms with Gasteiger partial charge < -0.3 is 10.2 Å². The number of hydrogen-bond acceptors (Lipinski definition) is 5. The third-order valence-electron chi connectivity index (χ3n) is 5.26. The number of hydrogen-bond donors (Lipinski definition) is 1. The Morgan fingerprint density at radius 3 is 2.59 bits per heavy atom. The molecule has 162 valence electrons. The molecule has 0 atom stereocenters. The Hall–Kier alpha value is -3.95. The molecule has 0 bridgehead atoms. The first-order chi connectivity index (χ1) is 15.4. The molecule has 7 nitrogen and oxygen atoms in total. The first kappa shape index (κ1) is 20.0. The molecule has 1 amide bonds. The number of alkyl halides is 3. The molecule has 0 aliphatic carbocycles. The molecular formula is C22H17F3N6O. The van der Waals surface area contributed by atoms with Gasteiger partial charge >= 0.3 is 6.18 Å². The molecule has 0 radical (unpaired) electrons. The minimum absolute atomic E-state index is 0.0632. The van der Waals surface area contributed by atoms with Gasteiger partial charge in [0.1, 0.15) is 17.3 Å². The van der Waals surface area contributed by atoms with E-state index < -0.39 is 17.6 Å². The number of anilines is 2. The van der Waals surface area contributed by atoms with E-state index in [4.69, 9.17) is 0 Å². The van der Waals surface area contributed by atoms with Gasteiger partial charge in [0.25, 0.3) is 5.91 Å². The van der Waals surface area contributed by atoms with Crippen LogP contribution in [0.25, 0.3) is 16.9 Å². The topological polar surface area (TPSA) is 75.4 Å². The Balaban J connectivity index is 1.48. The van der Waals surface area contributed by atoms with E-state index in [9.17, 15) is 18.0 Å². The number of aromatic nitrogens is 4. The van der Waals surface area contributed by atoms with Crippen molar-refractivity contribution >= 4 is 23.2 Å². The van der Waals surface area contributed by atoms with E-state index in [2.05, 4.69) is 25.3 Å². The predicted octanol–water partition coefficient (Wildman–Crippen LogP) is 4.27. The zero-order valence-electron chi connectivity index (χ0n) is 16.7. The minimum Gasteiger partial charge on any atom is -0.356 e. The molecule has 5 rings (SSSR count). The van der Waals surface area contributed by atoms with Gasteiger partial charge in [-0.3, -0.25) is 4.79 Å². The second kappa shape index (κ2) is 7.63. The molecule has 1 aliphatic rings. The van der Waals surface area contributed by atoms with E-state index in [-0.39, 0.29) is 22.8 Å². The second-order valence-electron chi connectivity index (χ2n) is 7.35. The molecule has 1 N–H and O–H groups in total. The molecule has 1 fully saturated rings. The lowest BCUT2D eigenvalue weighted by Gasteiger charge is -2.32. The number of nitrogens with zero attached hydrogens (tertiary/aromatic N) is 5. The van der Waals surface area contributed by atoms with Gasteiger partial charge in [0.05, 0.1) is 11.3 Å². The van der Waals surface area contributed by atoms with E-state index >= 15 is 0 Å². The van der Waals surface area contributed by atoms with Crippen molar-refractivity contribution in [2.75, 3.05) is 23.3 Å². The van der Waals surface area contributed by atoms with Crippen LogP contribution in [0.2, 0.25) is 0 Å². The summed E-state index contributed by atoms with van der Waals surface area (Å²) in [6, 6.07) is 13.4. The highest BCUT2D eigenvalue weighted by Gasteiger charge is 2.34. The molecular weight excluding hydrogens is 421 g/mol. The summed E-state index contributed by atoms with van der Waals surface area (Å²) < 4.78 is 41.6. The van der Waals surface area contributed by atoms with Crippen molar-refractivity contribution < 1.29 is 18.0 Å². The van der Waals surface area contributed by atoms with Crippen LogP contribution in [0.4, 0.5) is 24.8 Å². The van der Waals surface area contributed by atoms with Crippen molar-refractivity contribution in [3.8, 4) is 11.3 Å². The number of nitrogens with one attached hydrogen (secondary N) is 1. The van der Waals surface area contributed by atoms with Crippen LogP contribution < -0.4 is 10.2 Å². The smallest absolute Gasteiger partial charge is 0.356 e. The van der Waals surface area contributed by atoms with Crippen LogP contribution in [-0.4, -0.2) is 38.6 Å². The van der Waals surface area contributed by atoms with Crippen LogP contribution in [0, 0.1) is 0 Å². The quantitative estimate of drug-likeness (QED) is 0.515. The lowest BCUT2D eigenvalue weighted by molar-refractivity contribution is -0.137. The molecule has 1 aromatic carbocycles. The third kappa shape index (κ3) is 3.64. The summed E-state index contributed by atoms with van der Waals surface area (Å²) >= 11 is 0. The Morgan fingerprint density at radius 1 is 1.03 bits per heavy atom. The van der Waals surface area contributed by atoms with E-state index in [0.29, 0.717) is 5.65 Å². The third-order valence-corrected chi connectivity index (χ3v) is 5.26. The average Bonchev–Trinajstić information content (AvgIpc) is 3.17. The number of carbonyl (C=O) groups excluding carboxylic acids is 1. The molecule has 0 saturated carbocycles. The van der Waals surface area contributed by atoms with Crippen molar-refractivity contribution in [3.05, 3.63) is 72.1 Å². The number of pyridine rings is 1. The zero-order chi connectivity index (χ0) is 22.3. The molecule has 0 spiro atoms. The second-order valence-corrected chi connectivity index (χ2v) is 7.35. The van der Waals surface area contributed by atoms with Gasteiger partial charge in [0.2, 0.25) is 0 Å². The number of amides is 1. The Kier molecular flexibility index (Phi) is 4.76. The van der Waals surface area contributed by atoms with Gasteiger partial charge in [0, 0.05) is 30.9 Å². The molecule has 4 aromatic rings. The number of rotatable bonds is 4. The fourth-order valence-corrected chi connectivity index (χ4v) is 3.53. The van der Waals surface area contributed by atoms with E-state index in [1.54, 1.807) is 12.1 Å². The van der Waals surface area contributed by atoms with E-state index in [1.807, 2.05) is 6.07 Å². The highest BCUT2D eigenvalue weighted by atomic mass is 19.4. The van der Waals surface area contributed by atoms with Gasteiger partial charge in [-0.25, -0.2) is 9.97 Å². The summed E-state index contributed by atoms with van der Waals surface area (Å²) in [6.45, 7) is 1.80. The fourth-order valence-electron chi connectivity index (χ4n) is 3.53. The van der Waals surface area contributed by atoms with Crippen molar-refractivity contribution in [2.24, 2.45) is 0 Å². The molecule has 10 heteroatoms. The summed E-state index contributed by atoms with van der Waals surface area (Å²) in [6.07, 6.45) is -1.98. The van der Waals surface area contributed by atoms with Gasteiger partial charge in [-0.15, -0.1) is 0 Å². The lowest BCUT2D eigenvalue weighted by atomic mass is 10.0. The van der Waals surface area contributed by atoms with Crippen LogP contribution in [0.1, 0.15) is 22.5 Å². The van der Waals surface area contributed by atoms with Crippen molar-refractivity contribution in [1.29, 1.82) is 0 Å². The van der Waals surface area contributed by atoms with Crippen LogP contribution in [0.5, 0.6) is 0 Å². The summed E-state index contributed by atoms with van der Waals surface area (Å²) in [4.78, 5) is 23.4. The fraction of sp³-hybridized carbons (Fsp3) is 0.182. The maximum Gasteiger partial charge on any atom is 0.417 e. The SMILES string of the molecule is O=C(Nc1ccnc2cc(-c3ccccc3C(F)(F)F)nn12)c1cccc(N2CCC2)n1. The maximum absolute atomic E-state index is 13.4. The van der Waals surface area contributed by atoms with Crippen LogP contribution >= 0.6 is 0 Å². The normalized spacial score (nSPS) is 13.8. The van der Waals surface area contributed by atoms with E-state index in [0.717, 1.165) is 31.4 Å². The molecule has 4 heterocycles. The first-order valence-electron chi connectivity index (χ1n) is 9.95. The van der Waals surface area contributed by atoms with Gasteiger partial charge in [-0.2, -0.15) is 22.8 Å². The lowest BCUT2D eigenvalue weighted by Crippen LogP contribution is -2.37. The summed E-state index contributed by atoms with van der Waals surface area (Å²) in [5.41, 5.74) is -0.219. The largest absolute Gasteiger partial charge is 0.417 e. The van der Waals surface area contributed by atoms with Crippen LogP contribution in [0.15, 0.2) is 60.8 Å². The highest BCUT2D eigenvalue weighted by Crippen LogP contribution is 2.36. The van der Waals surface area contributed by atoms with Crippen molar-refractivity contribution in [1.82, 2.24) is 19.6 Å². The van der Waals surface area contributed by atoms with Crippen molar-refractivity contribution in [2.45, 2.75) is 12.6 Å². The number of fused-ring (bicyclic) bond motifs is 1. The molecule has 1 saturated heterocycles. The van der Waals surface area contributed by atoms with Crippen LogP contribution in [-0.2, 0) is 6.18 Å². The Morgan fingerprint density at radius 2 is 1.84 bits per heavy atom. The molecule has 0 unspecified atom stereocenters. The van der Waals surface area contributed by atoms with Crippen LogP contribution in [0.3, 0.4) is 0 Å². The summed E-state index contributed by atoms with van der Waals surface area (Å²) in [5, 5.41) is 7.01. The average molecular weight is 438 g/mol. The van der Waals surface area contributed by atoms with Crippen molar-refractivity contribution in [3.63, 3.8) is 0 Å². The summed E-state index contributed by atoms with van der Waals surface area (Å²) in [7, 11) is 0. The Labute approximate surface area is 180 Å². The van der Waals surface area contributed by atoms with Gasteiger partial charge in [-0.1, -0.05) is 24.3 Å². The Bertz CT molecular complexity index is 1310. The maximum atomic E-state index is 13.4. The monoisotopic (exact) mass is 438 g/mol. The minimum atomic E-state index is -4.52. The highest BCUT2D eigenvalue weighted by molar-refractivity contribution is 6.02. The number of halogens is 3. The summed E-state index contributed by atoms with van der Waals surface area (Å²) in [5.74, 6) is 0.549. The number of carbonyl (C=O) groups is 1. The standard InChI is InChI=1S/C22H17F3N6O/c23-22(24,25)15-6-2-1-5-14(15)17-13-20-26-10-9-19(31(20)29-17)28-21(32)16-7-3-8-18(27-16)30-11-4-12-30/h1-3,5-10,13H,4,11-12H2,(H,28,32). The van der Waals surface area contributed by atoms with Gasteiger partial charge in [0.15, 0.2) is 5.65 Å². The first-order valence-corrected chi connectivity index (χ1v) is 9.95. The molecule has 32 heavy (non-hydrogen) atoms. The molecule has 3 aromatic heterocycles. The predicted molar refractivity (Wildman–Crippen MR) is 112 cm³/mol.